The average Bonchev–Trinajstić information content (AvgIpc) is 2.47. The molecule has 0 aliphatic carbocycles. The molecule has 0 amide bonds. The van der Waals surface area contributed by atoms with Crippen molar-refractivity contribution in [3.63, 3.8) is 0 Å². The lowest BCUT2D eigenvalue weighted by molar-refractivity contribution is 0.110. The zero-order chi connectivity index (χ0) is 14.8. The molecule has 1 saturated heterocycles. The molecule has 1 aromatic rings. The highest BCUT2D eigenvalue weighted by Gasteiger charge is 2.23. The van der Waals surface area contributed by atoms with E-state index in [1.165, 1.54) is 0 Å². The van der Waals surface area contributed by atoms with Gasteiger partial charge in [-0.1, -0.05) is 6.92 Å². The van der Waals surface area contributed by atoms with Gasteiger partial charge in [0.15, 0.2) is 9.84 Å². The van der Waals surface area contributed by atoms with Crippen LogP contribution < -0.4 is 4.90 Å². The first kappa shape index (κ1) is 15.3. The minimum absolute atomic E-state index is 0.131. The second-order valence-electron chi connectivity index (χ2n) is 5.46. The van der Waals surface area contributed by atoms with Gasteiger partial charge >= 0.3 is 0 Å². The minimum atomic E-state index is -3.12. The molecule has 1 aromatic carbocycles. The maximum Gasteiger partial charge on any atom is 0.178 e. The Kier molecular flexibility index (Phi) is 4.70. The SMILES string of the molecule is CCS(=O)(=O)c1ccc(N2CCC(C(C)O)CC2)cc1. The van der Waals surface area contributed by atoms with Gasteiger partial charge in [-0.25, -0.2) is 8.42 Å². The number of hydrogen-bond donors (Lipinski definition) is 1. The normalized spacial score (nSPS) is 19.1. The first-order chi connectivity index (χ1) is 9.44. The van der Waals surface area contributed by atoms with Gasteiger partial charge in [0.1, 0.15) is 0 Å². The van der Waals surface area contributed by atoms with Crippen LogP contribution in [0.4, 0.5) is 5.69 Å². The van der Waals surface area contributed by atoms with Crippen LogP contribution in [0.25, 0.3) is 0 Å². The molecule has 0 spiro atoms. The lowest BCUT2D eigenvalue weighted by Crippen LogP contribution is -2.37. The standard InChI is InChI=1S/C15H23NO3S/c1-3-20(18,19)15-6-4-14(5-7-15)16-10-8-13(9-11-16)12(2)17/h4-7,12-13,17H,3,8-11H2,1-2H3. The van der Waals surface area contributed by atoms with Crippen LogP contribution in [-0.2, 0) is 9.84 Å². The maximum atomic E-state index is 11.8. The average molecular weight is 297 g/mol. The second kappa shape index (κ2) is 6.14. The van der Waals surface area contributed by atoms with Crippen molar-refractivity contribution in [2.45, 2.75) is 37.7 Å². The molecular formula is C15H23NO3S. The van der Waals surface area contributed by atoms with Crippen molar-refractivity contribution < 1.29 is 13.5 Å². The number of rotatable bonds is 4. The number of piperidine rings is 1. The van der Waals surface area contributed by atoms with Crippen molar-refractivity contribution in [1.82, 2.24) is 0 Å². The molecule has 4 nitrogen and oxygen atoms in total. The number of nitrogens with zero attached hydrogens (tertiary/aromatic N) is 1. The summed E-state index contributed by atoms with van der Waals surface area (Å²) in [5, 5.41) is 9.60. The van der Waals surface area contributed by atoms with Crippen LogP contribution in [0.1, 0.15) is 26.7 Å². The Morgan fingerprint density at radius 3 is 2.25 bits per heavy atom. The van der Waals surface area contributed by atoms with E-state index >= 15 is 0 Å². The molecule has 1 unspecified atom stereocenters. The summed E-state index contributed by atoms with van der Waals surface area (Å²) in [4.78, 5) is 2.64. The number of aliphatic hydroxyl groups is 1. The first-order valence-electron chi connectivity index (χ1n) is 7.20. The summed E-state index contributed by atoms with van der Waals surface area (Å²) in [5.41, 5.74) is 1.06. The zero-order valence-corrected chi connectivity index (χ0v) is 12.9. The molecular weight excluding hydrogens is 274 g/mol. The summed E-state index contributed by atoms with van der Waals surface area (Å²) in [6, 6.07) is 7.14. The highest BCUT2D eigenvalue weighted by atomic mass is 32.2. The Labute approximate surface area is 121 Å². The molecule has 5 heteroatoms. The van der Waals surface area contributed by atoms with E-state index in [1.54, 1.807) is 19.1 Å². The molecule has 2 rings (SSSR count). The predicted octanol–water partition coefficient (Wildman–Crippen LogP) is 2.08. The molecule has 1 aliphatic heterocycles. The van der Waals surface area contributed by atoms with E-state index in [1.807, 2.05) is 19.1 Å². The Morgan fingerprint density at radius 2 is 1.80 bits per heavy atom. The van der Waals surface area contributed by atoms with Gasteiger partial charge in [-0.15, -0.1) is 0 Å². The topological polar surface area (TPSA) is 57.6 Å². The van der Waals surface area contributed by atoms with Crippen LogP contribution >= 0.6 is 0 Å². The Morgan fingerprint density at radius 1 is 1.25 bits per heavy atom. The Bertz CT molecular complexity index is 529. The maximum absolute atomic E-state index is 11.8. The quantitative estimate of drug-likeness (QED) is 0.924. The number of hydrogen-bond acceptors (Lipinski definition) is 4. The van der Waals surface area contributed by atoms with Crippen LogP contribution in [0.5, 0.6) is 0 Å². The molecule has 0 radical (unpaired) electrons. The fraction of sp³-hybridized carbons (Fsp3) is 0.600. The highest BCUT2D eigenvalue weighted by molar-refractivity contribution is 7.91. The van der Waals surface area contributed by atoms with Crippen molar-refractivity contribution in [3.8, 4) is 0 Å². The van der Waals surface area contributed by atoms with Crippen LogP contribution in [0.15, 0.2) is 29.2 Å². The van der Waals surface area contributed by atoms with Crippen molar-refractivity contribution in [2.24, 2.45) is 5.92 Å². The van der Waals surface area contributed by atoms with Gasteiger partial charge in [0.05, 0.1) is 16.8 Å². The molecule has 1 N–H and O–H groups in total. The van der Waals surface area contributed by atoms with Gasteiger partial charge in [-0.2, -0.15) is 0 Å². The van der Waals surface area contributed by atoms with Crippen LogP contribution in [0, 0.1) is 5.92 Å². The van der Waals surface area contributed by atoms with E-state index in [0.717, 1.165) is 31.6 Å². The molecule has 1 atom stereocenters. The predicted molar refractivity (Wildman–Crippen MR) is 80.8 cm³/mol. The van der Waals surface area contributed by atoms with E-state index in [0.29, 0.717) is 10.8 Å². The van der Waals surface area contributed by atoms with Crippen LogP contribution in [-0.4, -0.2) is 38.5 Å². The van der Waals surface area contributed by atoms with Crippen molar-refractivity contribution in [1.29, 1.82) is 0 Å². The van der Waals surface area contributed by atoms with Crippen LogP contribution in [0.3, 0.4) is 0 Å². The van der Waals surface area contributed by atoms with Gasteiger partial charge < -0.3 is 10.0 Å². The fourth-order valence-electron chi connectivity index (χ4n) is 2.67. The van der Waals surface area contributed by atoms with Gasteiger partial charge in [-0.3, -0.25) is 0 Å². The second-order valence-corrected chi connectivity index (χ2v) is 7.74. The smallest absolute Gasteiger partial charge is 0.178 e. The summed E-state index contributed by atoms with van der Waals surface area (Å²) < 4.78 is 23.5. The molecule has 0 bridgehead atoms. The monoisotopic (exact) mass is 297 g/mol. The van der Waals surface area contributed by atoms with Gasteiger partial charge in [0.25, 0.3) is 0 Å². The Hall–Kier alpha value is -1.07. The largest absolute Gasteiger partial charge is 0.393 e. The number of anilines is 1. The molecule has 20 heavy (non-hydrogen) atoms. The number of benzene rings is 1. The number of sulfone groups is 1. The third-order valence-electron chi connectivity index (χ3n) is 4.16. The minimum Gasteiger partial charge on any atom is -0.393 e. The number of aliphatic hydroxyl groups excluding tert-OH is 1. The third kappa shape index (κ3) is 3.33. The van der Waals surface area contributed by atoms with E-state index < -0.39 is 9.84 Å². The fourth-order valence-corrected chi connectivity index (χ4v) is 3.56. The summed E-state index contributed by atoms with van der Waals surface area (Å²) in [6.45, 7) is 5.33. The van der Waals surface area contributed by atoms with Gasteiger partial charge in [0.2, 0.25) is 0 Å². The van der Waals surface area contributed by atoms with Gasteiger partial charge in [-0.05, 0) is 49.9 Å². The van der Waals surface area contributed by atoms with E-state index in [9.17, 15) is 13.5 Å². The summed E-state index contributed by atoms with van der Waals surface area (Å²) in [6.07, 6.45) is 1.72. The lowest BCUT2D eigenvalue weighted by Gasteiger charge is -2.34. The van der Waals surface area contributed by atoms with E-state index in [2.05, 4.69) is 4.90 Å². The summed E-state index contributed by atoms with van der Waals surface area (Å²) in [7, 11) is -3.12. The molecule has 112 valence electrons. The molecule has 1 fully saturated rings. The van der Waals surface area contributed by atoms with Crippen molar-refractivity contribution >= 4 is 15.5 Å². The zero-order valence-electron chi connectivity index (χ0n) is 12.1. The van der Waals surface area contributed by atoms with Gasteiger partial charge in [0, 0.05) is 18.8 Å². The third-order valence-corrected chi connectivity index (χ3v) is 5.91. The lowest BCUT2D eigenvalue weighted by atomic mass is 9.92. The molecule has 1 aliphatic rings. The molecule has 0 saturated carbocycles. The summed E-state index contributed by atoms with van der Waals surface area (Å²) in [5.74, 6) is 0.512. The van der Waals surface area contributed by atoms with E-state index in [4.69, 9.17) is 0 Å². The summed E-state index contributed by atoms with van der Waals surface area (Å²) >= 11 is 0. The molecule has 0 aromatic heterocycles. The van der Waals surface area contributed by atoms with Crippen molar-refractivity contribution in [2.75, 3.05) is 23.7 Å². The van der Waals surface area contributed by atoms with Crippen LogP contribution in [0.2, 0.25) is 0 Å². The van der Waals surface area contributed by atoms with Crippen molar-refractivity contribution in [3.05, 3.63) is 24.3 Å². The first-order valence-corrected chi connectivity index (χ1v) is 8.85. The van der Waals surface area contributed by atoms with E-state index in [-0.39, 0.29) is 11.9 Å². The molecule has 1 heterocycles. The highest BCUT2D eigenvalue weighted by Crippen LogP contribution is 2.26. The Balaban J connectivity index is 2.05.